The Morgan fingerprint density at radius 3 is 2.50 bits per heavy atom. The monoisotopic (exact) mass is 254 g/mol. The summed E-state index contributed by atoms with van der Waals surface area (Å²) >= 11 is 0. The molecule has 0 atom stereocenters. The fourth-order valence-electron chi connectivity index (χ4n) is 1.69. The average Bonchev–Trinajstić information content (AvgIpc) is 2.39. The van der Waals surface area contributed by atoms with Crippen LogP contribution < -0.4 is 10.6 Å². The first-order chi connectivity index (χ1) is 8.84. The van der Waals surface area contributed by atoms with Crippen LogP contribution in [0, 0.1) is 5.82 Å². The lowest BCUT2D eigenvalue weighted by Crippen LogP contribution is -2.25. The zero-order valence-electron chi connectivity index (χ0n) is 11.0. The van der Waals surface area contributed by atoms with Crippen molar-refractivity contribution in [2.75, 3.05) is 39.9 Å². The molecule has 0 aliphatic carbocycles. The van der Waals surface area contributed by atoms with E-state index in [1.807, 2.05) is 12.1 Å². The quantitative estimate of drug-likeness (QED) is 0.622. The van der Waals surface area contributed by atoms with Crippen LogP contribution in [-0.2, 0) is 11.2 Å². The maximum absolute atomic E-state index is 13.3. The number of halogens is 1. The van der Waals surface area contributed by atoms with E-state index < -0.39 is 0 Å². The Kier molecular flexibility index (Phi) is 8.38. The van der Waals surface area contributed by atoms with E-state index in [1.54, 1.807) is 13.2 Å². The fraction of sp³-hybridized carbons (Fsp3) is 0.571. The number of nitrogens with one attached hydrogen (secondary N) is 2. The summed E-state index contributed by atoms with van der Waals surface area (Å²) in [5.74, 6) is -0.111. The number of methoxy groups -OCH3 is 1. The van der Waals surface area contributed by atoms with Crippen LogP contribution in [-0.4, -0.2) is 39.9 Å². The zero-order valence-corrected chi connectivity index (χ0v) is 11.0. The lowest BCUT2D eigenvalue weighted by Gasteiger charge is -2.06. The lowest BCUT2D eigenvalue weighted by molar-refractivity contribution is 0.199. The van der Waals surface area contributed by atoms with E-state index in [0.717, 1.165) is 51.2 Å². The highest BCUT2D eigenvalue weighted by atomic mass is 19.1. The SMILES string of the molecule is COCCNCCCNCCc1ccccc1F. The average molecular weight is 254 g/mol. The van der Waals surface area contributed by atoms with Gasteiger partial charge in [0.2, 0.25) is 0 Å². The molecule has 2 N–H and O–H groups in total. The molecule has 0 aliphatic rings. The van der Waals surface area contributed by atoms with Gasteiger partial charge in [-0.15, -0.1) is 0 Å². The lowest BCUT2D eigenvalue weighted by atomic mass is 10.1. The molecule has 0 heterocycles. The largest absolute Gasteiger partial charge is 0.383 e. The molecule has 102 valence electrons. The van der Waals surface area contributed by atoms with E-state index in [-0.39, 0.29) is 5.82 Å². The molecule has 0 bridgehead atoms. The number of rotatable bonds is 10. The van der Waals surface area contributed by atoms with Gasteiger partial charge in [0, 0.05) is 13.7 Å². The van der Waals surface area contributed by atoms with Crippen LogP contribution in [0.25, 0.3) is 0 Å². The summed E-state index contributed by atoms with van der Waals surface area (Å²) in [5, 5.41) is 6.59. The molecule has 0 radical (unpaired) electrons. The van der Waals surface area contributed by atoms with Gasteiger partial charge in [-0.3, -0.25) is 0 Å². The summed E-state index contributed by atoms with van der Waals surface area (Å²) in [6, 6.07) is 6.94. The Labute approximate surface area is 109 Å². The first-order valence-corrected chi connectivity index (χ1v) is 6.48. The van der Waals surface area contributed by atoms with Crippen molar-refractivity contribution < 1.29 is 9.13 Å². The van der Waals surface area contributed by atoms with Gasteiger partial charge in [-0.1, -0.05) is 18.2 Å². The van der Waals surface area contributed by atoms with E-state index in [2.05, 4.69) is 10.6 Å². The van der Waals surface area contributed by atoms with Crippen LogP contribution in [0.1, 0.15) is 12.0 Å². The smallest absolute Gasteiger partial charge is 0.126 e. The van der Waals surface area contributed by atoms with Gasteiger partial charge in [-0.05, 0) is 44.1 Å². The van der Waals surface area contributed by atoms with Crippen LogP contribution in [0.15, 0.2) is 24.3 Å². The van der Waals surface area contributed by atoms with Crippen molar-refractivity contribution in [1.29, 1.82) is 0 Å². The van der Waals surface area contributed by atoms with Crippen LogP contribution in [0.2, 0.25) is 0 Å². The normalized spacial score (nSPS) is 10.8. The van der Waals surface area contributed by atoms with Gasteiger partial charge in [0.05, 0.1) is 6.61 Å². The molecular formula is C14H23FN2O. The van der Waals surface area contributed by atoms with E-state index in [1.165, 1.54) is 6.07 Å². The molecule has 0 spiro atoms. The highest BCUT2D eigenvalue weighted by Crippen LogP contribution is 2.05. The van der Waals surface area contributed by atoms with Gasteiger partial charge in [0.25, 0.3) is 0 Å². The Hall–Kier alpha value is -0.970. The standard InChI is InChI=1S/C14H23FN2O/c1-18-12-11-17-9-4-8-16-10-7-13-5-2-3-6-14(13)15/h2-3,5-6,16-17H,4,7-12H2,1H3. The van der Waals surface area contributed by atoms with Crippen LogP contribution >= 0.6 is 0 Å². The van der Waals surface area contributed by atoms with Gasteiger partial charge in [-0.2, -0.15) is 0 Å². The molecule has 0 unspecified atom stereocenters. The van der Waals surface area contributed by atoms with Crippen LogP contribution in [0.3, 0.4) is 0 Å². The summed E-state index contributed by atoms with van der Waals surface area (Å²) in [6.45, 7) is 4.40. The topological polar surface area (TPSA) is 33.3 Å². The van der Waals surface area contributed by atoms with Gasteiger partial charge >= 0.3 is 0 Å². The Morgan fingerprint density at radius 2 is 1.78 bits per heavy atom. The minimum Gasteiger partial charge on any atom is -0.383 e. The van der Waals surface area contributed by atoms with E-state index in [9.17, 15) is 4.39 Å². The predicted octanol–water partition coefficient (Wildman–Crippen LogP) is 1.58. The molecule has 1 aromatic carbocycles. The van der Waals surface area contributed by atoms with Crippen molar-refractivity contribution in [3.8, 4) is 0 Å². The minimum atomic E-state index is -0.111. The third-order valence-corrected chi connectivity index (χ3v) is 2.72. The highest BCUT2D eigenvalue weighted by Gasteiger charge is 1.99. The van der Waals surface area contributed by atoms with E-state index >= 15 is 0 Å². The van der Waals surface area contributed by atoms with Crippen molar-refractivity contribution in [1.82, 2.24) is 10.6 Å². The molecule has 0 amide bonds. The molecule has 0 fully saturated rings. The molecule has 3 nitrogen and oxygen atoms in total. The highest BCUT2D eigenvalue weighted by molar-refractivity contribution is 5.17. The second-order valence-electron chi connectivity index (χ2n) is 4.19. The first kappa shape index (κ1) is 15.1. The minimum absolute atomic E-state index is 0.111. The van der Waals surface area contributed by atoms with Crippen molar-refractivity contribution in [2.24, 2.45) is 0 Å². The van der Waals surface area contributed by atoms with Gasteiger partial charge in [0.1, 0.15) is 5.82 Å². The molecular weight excluding hydrogens is 231 g/mol. The molecule has 18 heavy (non-hydrogen) atoms. The summed E-state index contributed by atoms with van der Waals surface area (Å²) in [6.07, 6.45) is 1.81. The fourth-order valence-corrected chi connectivity index (χ4v) is 1.69. The van der Waals surface area contributed by atoms with Crippen molar-refractivity contribution >= 4 is 0 Å². The van der Waals surface area contributed by atoms with Crippen LogP contribution in [0.5, 0.6) is 0 Å². The summed E-state index contributed by atoms with van der Waals surface area (Å²) in [7, 11) is 1.70. The number of hydrogen-bond donors (Lipinski definition) is 2. The van der Waals surface area contributed by atoms with Gasteiger partial charge in [0.15, 0.2) is 0 Å². The third kappa shape index (κ3) is 6.69. The zero-order chi connectivity index (χ0) is 13.1. The number of benzene rings is 1. The maximum Gasteiger partial charge on any atom is 0.126 e. The Bertz CT molecular complexity index is 320. The molecule has 0 saturated heterocycles. The number of hydrogen-bond acceptors (Lipinski definition) is 3. The molecule has 0 aliphatic heterocycles. The van der Waals surface area contributed by atoms with Crippen LogP contribution in [0.4, 0.5) is 4.39 Å². The van der Waals surface area contributed by atoms with E-state index in [4.69, 9.17) is 4.74 Å². The second kappa shape index (κ2) is 10.00. The molecule has 1 rings (SSSR count). The predicted molar refractivity (Wildman–Crippen MR) is 72.3 cm³/mol. The molecule has 1 aromatic rings. The van der Waals surface area contributed by atoms with E-state index in [0.29, 0.717) is 0 Å². The molecule has 0 saturated carbocycles. The van der Waals surface area contributed by atoms with Gasteiger partial charge in [-0.25, -0.2) is 4.39 Å². The summed E-state index contributed by atoms with van der Waals surface area (Å²) in [4.78, 5) is 0. The summed E-state index contributed by atoms with van der Waals surface area (Å²) < 4.78 is 18.2. The third-order valence-electron chi connectivity index (χ3n) is 2.72. The maximum atomic E-state index is 13.3. The molecule has 0 aromatic heterocycles. The number of ether oxygens (including phenoxy) is 1. The van der Waals surface area contributed by atoms with Crippen molar-refractivity contribution in [3.63, 3.8) is 0 Å². The van der Waals surface area contributed by atoms with Crippen molar-refractivity contribution in [3.05, 3.63) is 35.6 Å². The van der Waals surface area contributed by atoms with Crippen molar-refractivity contribution in [2.45, 2.75) is 12.8 Å². The van der Waals surface area contributed by atoms with Gasteiger partial charge < -0.3 is 15.4 Å². The molecule has 4 heteroatoms. The first-order valence-electron chi connectivity index (χ1n) is 6.48. The summed E-state index contributed by atoms with van der Waals surface area (Å²) in [5.41, 5.74) is 0.781. The Morgan fingerprint density at radius 1 is 1.06 bits per heavy atom. The second-order valence-corrected chi connectivity index (χ2v) is 4.19. The Balaban J connectivity index is 1.94.